The molecule has 260 valence electrons. The third-order valence-corrected chi connectivity index (χ3v) is 7.69. The first-order valence-electron chi connectivity index (χ1n) is 14.8. The van der Waals surface area contributed by atoms with Gasteiger partial charge in [-0.2, -0.15) is 9.97 Å². The molecule has 20 nitrogen and oxygen atoms in total. The van der Waals surface area contributed by atoms with Crippen molar-refractivity contribution in [2.24, 2.45) is 0 Å². The van der Waals surface area contributed by atoms with E-state index < -0.39 is 23.1 Å². The van der Waals surface area contributed by atoms with Crippen molar-refractivity contribution in [3.63, 3.8) is 0 Å². The number of nitrogens with two attached hydrogens (primary N) is 2. The summed E-state index contributed by atoms with van der Waals surface area (Å²) in [5.41, 5.74) is 11.7. The Morgan fingerprint density at radius 2 is 1.08 bits per heavy atom. The Kier molecular flexibility index (Phi) is 12.4. The van der Waals surface area contributed by atoms with Crippen LogP contribution in [0.1, 0.15) is 20.7 Å². The fraction of sp³-hybridized carbons (Fsp3) is 0.200. The molecule has 0 fully saturated rings. The maximum Gasteiger partial charge on any atom is 2.00 e. The Balaban J connectivity index is 0.000000224. The van der Waals surface area contributed by atoms with Gasteiger partial charge in [0.15, 0.2) is 23.0 Å². The monoisotopic (exact) mass is 726 g/mol. The van der Waals surface area contributed by atoms with Crippen LogP contribution >= 0.6 is 0 Å². The zero-order valence-electron chi connectivity index (χ0n) is 26.7. The number of carbonyl (C=O) groups excluding carboxylic acids is 4. The van der Waals surface area contributed by atoms with E-state index in [1.54, 1.807) is 24.3 Å². The molecule has 0 aliphatic carbocycles. The molecule has 0 unspecified atom stereocenters. The van der Waals surface area contributed by atoms with Gasteiger partial charge in [0.1, 0.15) is 0 Å². The average molecular weight is 727 g/mol. The predicted molar refractivity (Wildman–Crippen MR) is 184 cm³/mol. The molecule has 4 heterocycles. The van der Waals surface area contributed by atoms with Crippen LogP contribution in [-0.4, -0.2) is 121 Å². The number of nitrogens with one attached hydrogen (secondary N) is 6. The Morgan fingerprint density at radius 3 is 1.39 bits per heavy atom. The third-order valence-electron chi connectivity index (χ3n) is 7.69. The Bertz CT molecular complexity index is 1880. The number of carbonyl (C=O) groups is 4. The number of H-pyrrole nitrogens is 2. The van der Waals surface area contributed by atoms with Crippen LogP contribution in [0.5, 0.6) is 0 Å². The first-order valence-corrected chi connectivity index (χ1v) is 14.8. The Labute approximate surface area is 317 Å². The molecule has 6 rings (SSSR count). The first-order chi connectivity index (χ1) is 24.0. The van der Waals surface area contributed by atoms with E-state index in [1.165, 1.54) is 34.1 Å². The number of benzene rings is 2. The fourth-order valence-corrected chi connectivity index (χ4v) is 5.22. The minimum Gasteiger partial charge on any atom is -0.545 e. The molecule has 0 saturated heterocycles. The SMILES string of the molecule is Nc1nc2c(c(=O)[nH]1)N(C=O)[C@@H](CNc1ccc(C(=O)[O-])cc1)CN2.Nc1nc2c(c(=O)[nH]1)N(C=O)[C@@H](CNc1ccc(C(=O)[O-])cc1)CN2.[Ca+2]. The Hall–Kier alpha value is -5.86. The molecule has 2 atom stereocenters. The fourth-order valence-electron chi connectivity index (χ4n) is 5.22. The number of rotatable bonds is 10. The number of aromatic nitrogens is 4. The van der Waals surface area contributed by atoms with Crippen molar-refractivity contribution in [3.8, 4) is 0 Å². The second kappa shape index (κ2) is 16.7. The van der Waals surface area contributed by atoms with Gasteiger partial charge in [0, 0.05) is 37.6 Å². The molecule has 21 heteroatoms. The largest absolute Gasteiger partial charge is 2.00 e. The summed E-state index contributed by atoms with van der Waals surface area (Å²) < 4.78 is 0. The summed E-state index contributed by atoms with van der Waals surface area (Å²) in [6, 6.07) is 11.3. The molecule has 2 aromatic heterocycles. The smallest absolute Gasteiger partial charge is 0.545 e. The number of carboxylic acid groups (broad SMARTS) is 2. The van der Waals surface area contributed by atoms with Gasteiger partial charge in [0.2, 0.25) is 24.7 Å². The van der Waals surface area contributed by atoms with Gasteiger partial charge in [-0.05, 0) is 35.4 Å². The topological polar surface area (TPSA) is 313 Å². The first kappa shape index (κ1) is 37.9. The second-order valence-electron chi connectivity index (χ2n) is 10.9. The van der Waals surface area contributed by atoms with E-state index in [0.29, 0.717) is 50.4 Å². The number of nitrogen functional groups attached to an aromatic ring is 2. The summed E-state index contributed by atoms with van der Waals surface area (Å²) in [7, 11) is 0. The van der Waals surface area contributed by atoms with Crippen molar-refractivity contribution in [1.29, 1.82) is 0 Å². The van der Waals surface area contributed by atoms with Crippen LogP contribution in [0.15, 0.2) is 58.1 Å². The zero-order valence-corrected chi connectivity index (χ0v) is 28.9. The molecule has 2 amide bonds. The maximum absolute atomic E-state index is 12.1. The Morgan fingerprint density at radius 1 is 0.725 bits per heavy atom. The van der Waals surface area contributed by atoms with Gasteiger partial charge in [-0.15, -0.1) is 0 Å². The number of nitrogens with zero attached hydrogens (tertiary/aromatic N) is 4. The van der Waals surface area contributed by atoms with Crippen LogP contribution in [0.3, 0.4) is 0 Å². The van der Waals surface area contributed by atoms with E-state index in [1.807, 2.05) is 0 Å². The van der Waals surface area contributed by atoms with E-state index in [4.69, 9.17) is 11.5 Å². The summed E-state index contributed by atoms with van der Waals surface area (Å²) in [5.74, 6) is -2.07. The molecule has 51 heavy (non-hydrogen) atoms. The molecule has 0 radical (unpaired) electrons. The van der Waals surface area contributed by atoms with Crippen molar-refractivity contribution >= 4 is 109 Å². The quantitative estimate of drug-likeness (QED) is 0.0589. The number of hydrogen-bond donors (Lipinski definition) is 8. The number of aromatic carboxylic acids is 2. The number of carboxylic acids is 2. The van der Waals surface area contributed by atoms with Crippen LogP contribution in [0.4, 0.5) is 46.3 Å². The number of hydrogen-bond acceptors (Lipinski definition) is 16. The molecule has 4 aromatic rings. The van der Waals surface area contributed by atoms with Gasteiger partial charge in [0.25, 0.3) is 11.1 Å². The third kappa shape index (κ3) is 8.84. The van der Waals surface area contributed by atoms with Crippen molar-refractivity contribution in [1.82, 2.24) is 19.9 Å². The number of aromatic amines is 2. The molecule has 2 aliphatic heterocycles. The van der Waals surface area contributed by atoms with Crippen LogP contribution < -0.4 is 63.9 Å². The van der Waals surface area contributed by atoms with E-state index >= 15 is 0 Å². The zero-order chi connectivity index (χ0) is 35.9. The molecule has 0 saturated carbocycles. The van der Waals surface area contributed by atoms with E-state index in [0.717, 1.165) is 0 Å². The van der Waals surface area contributed by atoms with E-state index in [2.05, 4.69) is 41.2 Å². The van der Waals surface area contributed by atoms with Crippen molar-refractivity contribution in [2.45, 2.75) is 12.1 Å². The predicted octanol–water partition coefficient (Wildman–Crippen LogP) is -3.21. The van der Waals surface area contributed by atoms with Crippen molar-refractivity contribution < 1.29 is 29.4 Å². The minimum absolute atomic E-state index is 0. The number of fused-ring (bicyclic) bond motifs is 2. The van der Waals surface area contributed by atoms with Crippen molar-refractivity contribution in [2.75, 3.05) is 68.7 Å². The molecule has 2 aliphatic rings. The van der Waals surface area contributed by atoms with Gasteiger partial charge in [0.05, 0.1) is 24.0 Å². The summed E-state index contributed by atoms with van der Waals surface area (Å²) in [5, 5.41) is 33.6. The average Bonchev–Trinajstić information content (AvgIpc) is 3.09. The molecule has 0 bridgehead atoms. The van der Waals surface area contributed by atoms with Gasteiger partial charge in [-0.3, -0.25) is 29.1 Å². The molecule has 2 aromatic carbocycles. The minimum atomic E-state index is -1.25. The van der Waals surface area contributed by atoms with Crippen LogP contribution in [0, 0.1) is 0 Å². The maximum atomic E-state index is 12.1. The van der Waals surface area contributed by atoms with Gasteiger partial charge >= 0.3 is 37.7 Å². The van der Waals surface area contributed by atoms with Gasteiger partial charge in [-0.25, -0.2) is 0 Å². The standard InChI is InChI=1S/2C15H16N6O4.Ca/c2*16-15-19-12-11(13(23)20-15)21(7-22)10(6-18-12)5-17-9-3-1-8(2-4-9)14(24)25;/h2*1-4,7,10,17H,5-6H2,(H,24,25)(H4,16,18,19,20,23);/q;;+2/p-2/t2*10-;/m00./s1. The van der Waals surface area contributed by atoms with Gasteiger partial charge in [-0.1, -0.05) is 24.3 Å². The van der Waals surface area contributed by atoms with E-state index in [9.17, 15) is 39.0 Å². The van der Waals surface area contributed by atoms with Gasteiger partial charge < -0.3 is 62.3 Å². The molecular weight excluding hydrogens is 696 g/mol. The summed E-state index contributed by atoms with van der Waals surface area (Å²) >= 11 is 0. The van der Waals surface area contributed by atoms with Crippen LogP contribution in [0.25, 0.3) is 0 Å². The molecule has 0 spiro atoms. The van der Waals surface area contributed by atoms with E-state index in [-0.39, 0.29) is 95.9 Å². The molecule has 10 N–H and O–H groups in total. The molecular formula is C30H30CaN12O8. The normalized spacial score (nSPS) is 15.5. The van der Waals surface area contributed by atoms with Crippen molar-refractivity contribution in [3.05, 3.63) is 80.4 Å². The number of anilines is 8. The summed E-state index contributed by atoms with van der Waals surface area (Å²) in [4.78, 5) is 83.9. The van der Waals surface area contributed by atoms with Crippen LogP contribution in [-0.2, 0) is 9.59 Å². The number of amides is 2. The van der Waals surface area contributed by atoms with Crippen LogP contribution in [0.2, 0.25) is 0 Å². The summed E-state index contributed by atoms with van der Waals surface area (Å²) in [6.45, 7) is 1.40. The summed E-state index contributed by atoms with van der Waals surface area (Å²) in [6.07, 6.45) is 1.14. The second-order valence-corrected chi connectivity index (χ2v) is 10.9.